The smallest absolute Gasteiger partial charge is 0.408 e. The van der Waals surface area contributed by atoms with Crippen molar-refractivity contribution in [1.29, 1.82) is 0 Å². The van der Waals surface area contributed by atoms with Gasteiger partial charge in [-0.05, 0) is 74.2 Å². The van der Waals surface area contributed by atoms with Crippen LogP contribution in [-0.4, -0.2) is 61.7 Å². The molecular weight excluding hydrogens is 630 g/mol. The molecule has 1 saturated heterocycles. The summed E-state index contributed by atoms with van der Waals surface area (Å²) in [5.41, 5.74) is 7.90. The number of carbonyl (C=O) groups excluding carboxylic acids is 2. The molecule has 5 N–H and O–H groups in total. The number of alkyl halides is 3. The molecule has 0 aliphatic carbocycles. The lowest BCUT2D eigenvalue weighted by molar-refractivity contribution is -0.150. The fourth-order valence-electron chi connectivity index (χ4n) is 5.28. The molecule has 0 bridgehead atoms. The molecule has 1 heterocycles. The minimum absolute atomic E-state index is 0.162. The Kier molecular flexibility index (Phi) is 11.9. The number of anilines is 1. The number of hydrogen-bond acceptors (Lipinski definition) is 6. The van der Waals surface area contributed by atoms with Gasteiger partial charge in [-0.15, -0.1) is 0 Å². The van der Waals surface area contributed by atoms with Crippen LogP contribution >= 0.6 is 0 Å². The zero-order valence-electron chi connectivity index (χ0n) is 25.6. The van der Waals surface area contributed by atoms with Gasteiger partial charge in [0.25, 0.3) is 0 Å². The van der Waals surface area contributed by atoms with E-state index in [0.717, 1.165) is 6.92 Å². The number of carbonyl (C=O) groups is 2. The number of rotatable bonds is 11. The zero-order chi connectivity index (χ0) is 34.3. The lowest BCUT2D eigenvalue weighted by Gasteiger charge is -2.35. The topological polar surface area (TPSA) is 115 Å². The number of amides is 2. The minimum Gasteiger partial charge on any atom is -0.448 e. The first-order chi connectivity index (χ1) is 22.2. The SMILES string of the molecule is C[C@@H]1O[C@H](CCc2c(F)cccc2NC(=O)[C@@H](N)C(c2ccc(F)cc2)c2ccc(F)cc2)CN[C@@H]1COC(=O)N[C@H](C)C(F)(F)F. The van der Waals surface area contributed by atoms with Gasteiger partial charge in [-0.2, -0.15) is 13.2 Å². The molecule has 3 aromatic carbocycles. The third kappa shape index (κ3) is 9.69. The van der Waals surface area contributed by atoms with Crippen molar-refractivity contribution in [3.05, 3.63) is 101 Å². The number of halogens is 6. The van der Waals surface area contributed by atoms with Crippen LogP contribution in [0, 0.1) is 17.5 Å². The molecule has 4 rings (SSSR count). The summed E-state index contributed by atoms with van der Waals surface area (Å²) in [5, 5.41) is 7.58. The van der Waals surface area contributed by atoms with Gasteiger partial charge in [0, 0.05) is 23.7 Å². The van der Waals surface area contributed by atoms with E-state index in [1.165, 1.54) is 66.7 Å². The van der Waals surface area contributed by atoms with E-state index < -0.39 is 71.9 Å². The Bertz CT molecular complexity index is 1460. The highest BCUT2D eigenvalue weighted by Crippen LogP contribution is 2.30. The second kappa shape index (κ2) is 15.6. The van der Waals surface area contributed by atoms with Crippen molar-refractivity contribution in [3.63, 3.8) is 0 Å². The minimum atomic E-state index is -4.60. The van der Waals surface area contributed by atoms with Crippen molar-refractivity contribution >= 4 is 17.7 Å². The molecule has 0 radical (unpaired) electrons. The highest BCUT2D eigenvalue weighted by molar-refractivity contribution is 5.96. The van der Waals surface area contributed by atoms with E-state index in [1.54, 1.807) is 12.2 Å². The van der Waals surface area contributed by atoms with Gasteiger partial charge in [-0.25, -0.2) is 18.0 Å². The summed E-state index contributed by atoms with van der Waals surface area (Å²) in [6, 6.07) is 11.3. The second-order valence-corrected chi connectivity index (χ2v) is 11.4. The Hall–Kier alpha value is -4.14. The molecular formula is C33H36F6N4O4. The fraction of sp³-hybridized carbons (Fsp3) is 0.394. The van der Waals surface area contributed by atoms with Crippen LogP contribution in [-0.2, 0) is 20.7 Å². The molecule has 1 fully saturated rings. The predicted octanol–water partition coefficient (Wildman–Crippen LogP) is 5.56. The predicted molar refractivity (Wildman–Crippen MR) is 162 cm³/mol. The number of ether oxygens (including phenoxy) is 2. The Morgan fingerprint density at radius 2 is 1.60 bits per heavy atom. The first-order valence-electron chi connectivity index (χ1n) is 15.0. The van der Waals surface area contributed by atoms with Crippen LogP contribution in [0.5, 0.6) is 0 Å². The largest absolute Gasteiger partial charge is 0.448 e. The maximum absolute atomic E-state index is 15.1. The quantitative estimate of drug-likeness (QED) is 0.200. The standard InChI is InChI=1S/C33H36F6N4O4/c1-18-28(17-46-32(45)42-19(2)33(37,38)39)41-16-24(47-18)14-15-25-26(36)4-3-5-27(25)43-31(44)30(40)29(20-6-10-22(34)11-7-20)21-8-12-23(35)13-9-21/h3-13,18-19,24,28-30,41H,14-17,40H2,1-2H3,(H,42,45)(H,43,44)/t18-,19+,24+,28+,30-/m0/s1. The monoisotopic (exact) mass is 666 g/mol. The Morgan fingerprint density at radius 3 is 2.15 bits per heavy atom. The van der Waals surface area contributed by atoms with E-state index in [9.17, 15) is 31.5 Å². The molecule has 14 heteroatoms. The van der Waals surface area contributed by atoms with Crippen LogP contribution < -0.4 is 21.7 Å². The van der Waals surface area contributed by atoms with Gasteiger partial charge in [-0.3, -0.25) is 4.79 Å². The summed E-state index contributed by atoms with van der Waals surface area (Å²) >= 11 is 0. The summed E-state index contributed by atoms with van der Waals surface area (Å²) in [7, 11) is 0. The van der Waals surface area contributed by atoms with Crippen molar-refractivity contribution in [2.45, 2.75) is 69.1 Å². The van der Waals surface area contributed by atoms with Crippen LogP contribution in [0.2, 0.25) is 0 Å². The molecule has 0 unspecified atom stereocenters. The summed E-state index contributed by atoms with van der Waals surface area (Å²) in [5.74, 6) is -2.94. The molecule has 47 heavy (non-hydrogen) atoms. The van der Waals surface area contributed by atoms with E-state index in [-0.39, 0.29) is 30.8 Å². The first kappa shape index (κ1) is 35.7. The summed E-state index contributed by atoms with van der Waals surface area (Å²) < 4.78 is 91.3. The molecule has 3 aromatic rings. The van der Waals surface area contributed by atoms with Crippen LogP contribution in [0.3, 0.4) is 0 Å². The van der Waals surface area contributed by atoms with Gasteiger partial charge in [0.05, 0.1) is 24.3 Å². The molecule has 8 nitrogen and oxygen atoms in total. The third-order valence-corrected chi connectivity index (χ3v) is 8.01. The maximum atomic E-state index is 15.1. The molecule has 254 valence electrons. The van der Waals surface area contributed by atoms with Gasteiger partial charge in [-0.1, -0.05) is 30.3 Å². The van der Waals surface area contributed by atoms with Crippen molar-refractivity contribution in [2.24, 2.45) is 5.73 Å². The van der Waals surface area contributed by atoms with Gasteiger partial charge in [0.2, 0.25) is 5.91 Å². The van der Waals surface area contributed by atoms with Crippen LogP contribution in [0.15, 0.2) is 66.7 Å². The summed E-state index contributed by atoms with van der Waals surface area (Å²) in [4.78, 5) is 25.2. The van der Waals surface area contributed by atoms with Crippen LogP contribution in [0.1, 0.15) is 42.9 Å². The van der Waals surface area contributed by atoms with Gasteiger partial charge >= 0.3 is 12.3 Å². The second-order valence-electron chi connectivity index (χ2n) is 11.4. The average molecular weight is 667 g/mol. The molecule has 1 aliphatic rings. The molecule has 2 amide bonds. The van der Waals surface area contributed by atoms with Crippen molar-refractivity contribution in [3.8, 4) is 0 Å². The van der Waals surface area contributed by atoms with Crippen molar-refractivity contribution in [2.75, 3.05) is 18.5 Å². The molecule has 0 spiro atoms. The lowest BCUT2D eigenvalue weighted by atomic mass is 9.85. The zero-order valence-corrected chi connectivity index (χ0v) is 25.6. The van der Waals surface area contributed by atoms with E-state index >= 15 is 4.39 Å². The molecule has 0 saturated carbocycles. The van der Waals surface area contributed by atoms with E-state index in [0.29, 0.717) is 17.5 Å². The molecule has 5 atom stereocenters. The molecule has 1 aliphatic heterocycles. The number of alkyl carbamates (subject to hydrolysis) is 1. The Balaban J connectivity index is 1.37. The van der Waals surface area contributed by atoms with Gasteiger partial charge in [0.1, 0.15) is 30.1 Å². The Labute approximate surface area is 268 Å². The highest BCUT2D eigenvalue weighted by atomic mass is 19.4. The first-order valence-corrected chi connectivity index (χ1v) is 15.0. The van der Waals surface area contributed by atoms with Crippen LogP contribution in [0.25, 0.3) is 0 Å². The van der Waals surface area contributed by atoms with E-state index in [2.05, 4.69) is 10.6 Å². The highest BCUT2D eigenvalue weighted by Gasteiger charge is 2.38. The number of hydrogen-bond donors (Lipinski definition) is 4. The number of nitrogens with one attached hydrogen (secondary N) is 3. The number of morpholine rings is 1. The maximum Gasteiger partial charge on any atom is 0.408 e. The van der Waals surface area contributed by atoms with Gasteiger partial charge < -0.3 is 31.2 Å². The average Bonchev–Trinajstić information content (AvgIpc) is 3.01. The Morgan fingerprint density at radius 1 is 1.00 bits per heavy atom. The van der Waals surface area contributed by atoms with Gasteiger partial charge in [0.15, 0.2) is 0 Å². The number of benzene rings is 3. The van der Waals surface area contributed by atoms with Crippen molar-refractivity contribution < 1.29 is 45.4 Å². The normalized spacial score (nSPS) is 19.6. The lowest BCUT2D eigenvalue weighted by Crippen LogP contribution is -2.54. The fourth-order valence-corrected chi connectivity index (χ4v) is 5.28. The summed E-state index contributed by atoms with van der Waals surface area (Å²) in [6.07, 6.45) is -6.20. The number of nitrogens with two attached hydrogens (primary N) is 1. The van der Waals surface area contributed by atoms with Crippen molar-refractivity contribution in [1.82, 2.24) is 10.6 Å². The van der Waals surface area contributed by atoms with E-state index in [1.807, 2.05) is 0 Å². The molecule has 0 aromatic heterocycles. The summed E-state index contributed by atoms with van der Waals surface area (Å²) in [6.45, 7) is 2.57. The van der Waals surface area contributed by atoms with E-state index in [4.69, 9.17) is 15.2 Å². The van der Waals surface area contributed by atoms with Crippen LogP contribution in [0.4, 0.5) is 36.8 Å². The third-order valence-electron chi connectivity index (χ3n) is 8.01.